The molecule has 1 aromatic carbocycles. The number of hydroxylamine groups is 2. The molecule has 0 aliphatic carbocycles. The first-order chi connectivity index (χ1) is 13.2. The summed E-state index contributed by atoms with van der Waals surface area (Å²) in [5.41, 5.74) is 0. The number of rotatable bonds is 7. The van der Waals surface area contributed by atoms with Gasteiger partial charge in [0.05, 0.1) is 6.54 Å². The van der Waals surface area contributed by atoms with Crippen LogP contribution in [0.2, 0.25) is 10.0 Å². The lowest BCUT2D eigenvalue weighted by atomic mass is 10.3. The van der Waals surface area contributed by atoms with Gasteiger partial charge >= 0.3 is 18.0 Å². The summed E-state index contributed by atoms with van der Waals surface area (Å²) in [7, 11) is 3.67. The minimum absolute atomic E-state index is 0.101. The van der Waals surface area contributed by atoms with Gasteiger partial charge in [0.15, 0.2) is 0 Å². The minimum atomic E-state index is -0.906. The molecule has 0 spiro atoms. The normalized spacial score (nSPS) is 13.8. The van der Waals surface area contributed by atoms with Crippen molar-refractivity contribution in [3.8, 4) is 5.75 Å². The monoisotopic (exact) mass is 431 g/mol. The molecule has 28 heavy (non-hydrogen) atoms. The van der Waals surface area contributed by atoms with E-state index in [4.69, 9.17) is 37.6 Å². The summed E-state index contributed by atoms with van der Waals surface area (Å²) in [5, 5.41) is 1.09. The summed E-state index contributed by atoms with van der Waals surface area (Å²) in [5.74, 6) is -1.37. The Morgan fingerprint density at radius 1 is 1.00 bits per heavy atom. The third kappa shape index (κ3) is 6.91. The third-order valence-electron chi connectivity index (χ3n) is 3.41. The topological polar surface area (TPSA) is 88.6 Å². The van der Waals surface area contributed by atoms with Crippen molar-refractivity contribution in [2.45, 2.75) is 0 Å². The fraction of sp³-hybridized carbons (Fsp3) is 0.353. The number of carbonyl (C=O) groups is 3. The Kier molecular flexibility index (Phi) is 7.91. The largest absolute Gasteiger partial charge is 0.492 e. The van der Waals surface area contributed by atoms with E-state index in [9.17, 15) is 14.4 Å². The highest BCUT2D eigenvalue weighted by molar-refractivity contribution is 6.34. The molecule has 0 radical (unpaired) electrons. The first-order valence-corrected chi connectivity index (χ1v) is 8.95. The number of hydrogen-bond donors (Lipinski definition) is 0. The van der Waals surface area contributed by atoms with Gasteiger partial charge in [0.1, 0.15) is 12.4 Å². The Bertz CT molecular complexity index is 731. The van der Waals surface area contributed by atoms with Crippen LogP contribution in [0.25, 0.3) is 0 Å². The molecular formula is C17H19Cl2N3O6. The van der Waals surface area contributed by atoms with E-state index in [1.54, 1.807) is 18.2 Å². The molecule has 0 fully saturated rings. The molecule has 2 rings (SSSR count). The molecule has 0 unspecified atom stereocenters. The number of hydrogen-bond acceptors (Lipinski definition) is 7. The molecule has 0 aromatic heterocycles. The molecule has 0 saturated carbocycles. The van der Waals surface area contributed by atoms with E-state index in [-0.39, 0.29) is 24.9 Å². The van der Waals surface area contributed by atoms with Crippen LogP contribution in [0.15, 0.2) is 30.4 Å². The molecular weight excluding hydrogens is 413 g/mol. The summed E-state index contributed by atoms with van der Waals surface area (Å²) in [4.78, 5) is 48.2. The van der Waals surface area contributed by atoms with E-state index in [2.05, 4.69) is 0 Å². The van der Waals surface area contributed by atoms with Gasteiger partial charge in [-0.3, -0.25) is 9.68 Å². The molecule has 0 N–H and O–H groups in total. The molecule has 11 heteroatoms. The van der Waals surface area contributed by atoms with Crippen molar-refractivity contribution in [3.05, 3.63) is 40.4 Å². The van der Waals surface area contributed by atoms with Crippen LogP contribution in [0.4, 0.5) is 4.79 Å². The van der Waals surface area contributed by atoms with Crippen molar-refractivity contribution < 1.29 is 28.8 Å². The van der Waals surface area contributed by atoms with Crippen LogP contribution in [-0.4, -0.2) is 73.3 Å². The SMILES string of the molecule is CN(C)CCN(CCOc1cc(Cl)cc(Cl)c1)C(=O)N1OC(=O)C=CC(=O)O1. The summed E-state index contributed by atoms with van der Waals surface area (Å²) >= 11 is 11.9. The van der Waals surface area contributed by atoms with Crippen molar-refractivity contribution in [1.82, 2.24) is 15.0 Å². The highest BCUT2D eigenvalue weighted by Gasteiger charge is 2.29. The third-order valence-corrected chi connectivity index (χ3v) is 3.85. The van der Waals surface area contributed by atoms with Crippen molar-refractivity contribution in [3.63, 3.8) is 0 Å². The van der Waals surface area contributed by atoms with Crippen molar-refractivity contribution >= 4 is 41.2 Å². The van der Waals surface area contributed by atoms with Crippen LogP contribution < -0.4 is 4.74 Å². The quantitative estimate of drug-likeness (QED) is 0.653. The van der Waals surface area contributed by atoms with Gasteiger partial charge < -0.3 is 14.5 Å². The summed E-state index contributed by atoms with van der Waals surface area (Å²) in [6.45, 7) is 1.01. The Morgan fingerprint density at radius 2 is 1.57 bits per heavy atom. The zero-order valence-corrected chi connectivity index (χ0v) is 16.8. The number of likely N-dealkylation sites (N-methyl/N-ethyl adjacent to an activating group) is 1. The molecule has 1 aliphatic rings. The second kappa shape index (κ2) is 10.2. The molecule has 0 saturated heterocycles. The lowest BCUT2D eigenvalue weighted by Gasteiger charge is -2.27. The van der Waals surface area contributed by atoms with Crippen molar-refractivity contribution in [2.24, 2.45) is 0 Å². The van der Waals surface area contributed by atoms with E-state index < -0.39 is 18.0 Å². The number of amides is 2. The van der Waals surface area contributed by atoms with Gasteiger partial charge in [-0.25, -0.2) is 14.4 Å². The highest BCUT2D eigenvalue weighted by Crippen LogP contribution is 2.24. The number of halogens is 2. The van der Waals surface area contributed by atoms with E-state index in [0.29, 0.717) is 22.3 Å². The minimum Gasteiger partial charge on any atom is -0.492 e. The van der Waals surface area contributed by atoms with Gasteiger partial charge in [0.25, 0.3) is 0 Å². The smallest absolute Gasteiger partial charge is 0.391 e. The standard InChI is InChI=1S/C17H19Cl2N3O6/c1-20(2)5-6-21(7-8-26-14-10-12(18)9-13(19)11-14)17(25)22-27-15(23)3-4-16(24)28-22/h3-4,9-11H,5-8H2,1-2H3. The maximum atomic E-state index is 12.7. The molecule has 2 amide bonds. The van der Waals surface area contributed by atoms with Gasteiger partial charge in [-0.15, -0.1) is 0 Å². The average molecular weight is 432 g/mol. The first kappa shape index (κ1) is 21.8. The Morgan fingerprint density at radius 3 is 2.11 bits per heavy atom. The van der Waals surface area contributed by atoms with Crippen molar-refractivity contribution in [1.29, 1.82) is 0 Å². The number of urea groups is 1. The molecule has 1 aliphatic heterocycles. The van der Waals surface area contributed by atoms with Crippen LogP contribution in [0.3, 0.4) is 0 Å². The average Bonchev–Trinajstić information content (AvgIpc) is 2.77. The molecule has 9 nitrogen and oxygen atoms in total. The Hall–Kier alpha value is -2.49. The number of benzene rings is 1. The van der Waals surface area contributed by atoms with Crippen LogP contribution in [0.1, 0.15) is 0 Å². The summed E-state index contributed by atoms with van der Waals surface area (Å²) in [6, 6.07) is 3.92. The van der Waals surface area contributed by atoms with Crippen LogP contribution in [0.5, 0.6) is 5.75 Å². The predicted molar refractivity (Wildman–Crippen MR) is 101 cm³/mol. The van der Waals surface area contributed by atoms with Crippen LogP contribution in [0, 0.1) is 0 Å². The lowest BCUT2D eigenvalue weighted by molar-refractivity contribution is -0.286. The summed E-state index contributed by atoms with van der Waals surface area (Å²) in [6.07, 6.45) is 1.73. The highest BCUT2D eigenvalue weighted by atomic mass is 35.5. The maximum absolute atomic E-state index is 12.7. The zero-order chi connectivity index (χ0) is 20.7. The molecule has 1 aromatic rings. The van der Waals surface area contributed by atoms with Crippen LogP contribution >= 0.6 is 23.2 Å². The van der Waals surface area contributed by atoms with E-state index in [1.165, 1.54) is 4.90 Å². The number of ether oxygens (including phenoxy) is 1. The Labute approximate surface area is 171 Å². The second-order valence-electron chi connectivity index (χ2n) is 5.94. The van der Waals surface area contributed by atoms with E-state index in [1.807, 2.05) is 19.0 Å². The summed E-state index contributed by atoms with van der Waals surface area (Å²) < 4.78 is 5.59. The van der Waals surface area contributed by atoms with Crippen LogP contribution in [-0.2, 0) is 19.3 Å². The molecule has 152 valence electrons. The maximum Gasteiger partial charge on any atom is 0.391 e. The van der Waals surface area contributed by atoms with Gasteiger partial charge in [-0.05, 0) is 32.3 Å². The molecule has 0 atom stereocenters. The van der Waals surface area contributed by atoms with Gasteiger partial charge in [-0.2, -0.15) is 0 Å². The van der Waals surface area contributed by atoms with Gasteiger partial charge in [-0.1, -0.05) is 23.2 Å². The van der Waals surface area contributed by atoms with Gasteiger partial charge in [0.2, 0.25) is 0 Å². The predicted octanol–water partition coefficient (Wildman–Crippen LogP) is 2.14. The number of carbonyl (C=O) groups excluding carboxylic acids is 3. The first-order valence-electron chi connectivity index (χ1n) is 8.19. The molecule has 0 bridgehead atoms. The fourth-order valence-electron chi connectivity index (χ4n) is 2.08. The van der Waals surface area contributed by atoms with E-state index >= 15 is 0 Å². The van der Waals surface area contributed by atoms with Crippen molar-refractivity contribution in [2.75, 3.05) is 40.3 Å². The number of nitrogens with zero attached hydrogens (tertiary/aromatic N) is 3. The second-order valence-corrected chi connectivity index (χ2v) is 6.81. The Balaban J connectivity index is 2.02. The molecule has 1 heterocycles. The fourth-order valence-corrected chi connectivity index (χ4v) is 2.59. The van der Waals surface area contributed by atoms with Gasteiger partial charge in [0, 0.05) is 40.5 Å². The lowest BCUT2D eigenvalue weighted by Crippen LogP contribution is -2.47. The zero-order valence-electron chi connectivity index (χ0n) is 15.3. The van der Waals surface area contributed by atoms with E-state index in [0.717, 1.165) is 12.2 Å².